The van der Waals surface area contributed by atoms with E-state index in [4.69, 9.17) is 4.42 Å². The molecule has 0 aromatic carbocycles. The van der Waals surface area contributed by atoms with Crippen molar-refractivity contribution in [1.82, 2.24) is 4.90 Å². The Hall–Kier alpha value is -1.58. The summed E-state index contributed by atoms with van der Waals surface area (Å²) < 4.78 is 4.88. The summed E-state index contributed by atoms with van der Waals surface area (Å²) in [7, 11) is 0. The Balaban J connectivity index is 2.53. The van der Waals surface area contributed by atoms with Crippen molar-refractivity contribution < 1.29 is 14.0 Å². The van der Waals surface area contributed by atoms with Crippen LogP contribution in [0.4, 0.5) is 0 Å². The third-order valence-corrected chi connectivity index (χ3v) is 1.90. The first kappa shape index (κ1) is 7.09. The number of carbonyl (C=O) groups excluding carboxylic acids is 2. The number of imide groups is 1. The molecule has 0 N–H and O–H groups in total. The fraction of sp³-hybridized carbons (Fsp3) is 0.250. The smallest absolute Gasteiger partial charge is 0.297 e. The van der Waals surface area contributed by atoms with E-state index in [1.54, 1.807) is 6.92 Å². The maximum absolute atomic E-state index is 11.3. The number of hydrogen-bond acceptors (Lipinski definition) is 3. The third kappa shape index (κ3) is 0.664. The number of rotatable bonds is 1. The fourth-order valence-electron chi connectivity index (χ4n) is 1.29. The lowest BCUT2D eigenvalue weighted by Gasteiger charge is -2.08. The Morgan fingerprint density at radius 1 is 1.42 bits per heavy atom. The van der Waals surface area contributed by atoms with Crippen LogP contribution in [-0.4, -0.2) is 23.3 Å². The van der Waals surface area contributed by atoms with E-state index in [1.807, 2.05) is 0 Å². The van der Waals surface area contributed by atoms with Crippen LogP contribution in [0, 0.1) is 0 Å². The average Bonchev–Trinajstić information content (AvgIpc) is 2.58. The van der Waals surface area contributed by atoms with Gasteiger partial charge in [-0.15, -0.1) is 0 Å². The largest absolute Gasteiger partial charge is 0.458 e. The summed E-state index contributed by atoms with van der Waals surface area (Å²) in [4.78, 5) is 23.8. The number of amides is 2. The van der Waals surface area contributed by atoms with Gasteiger partial charge in [0, 0.05) is 6.54 Å². The molecule has 0 saturated heterocycles. The van der Waals surface area contributed by atoms with Gasteiger partial charge in [0.25, 0.3) is 11.8 Å². The number of carbonyl (C=O) groups is 2. The lowest BCUT2D eigenvalue weighted by Crippen LogP contribution is -2.29. The van der Waals surface area contributed by atoms with Crippen molar-refractivity contribution >= 4 is 11.8 Å². The fourth-order valence-corrected chi connectivity index (χ4v) is 1.29. The molecule has 2 amide bonds. The SMILES string of the molecule is CCN1C(=O)c2ccoc2C1=O. The van der Waals surface area contributed by atoms with Crippen LogP contribution in [0.25, 0.3) is 0 Å². The molecule has 0 saturated carbocycles. The molecule has 0 spiro atoms. The summed E-state index contributed by atoms with van der Waals surface area (Å²) in [5.41, 5.74) is 0.377. The van der Waals surface area contributed by atoms with Gasteiger partial charge in [0.2, 0.25) is 5.76 Å². The first-order chi connectivity index (χ1) is 5.75. The monoisotopic (exact) mass is 165 g/mol. The molecule has 0 atom stereocenters. The van der Waals surface area contributed by atoms with Crippen LogP contribution >= 0.6 is 0 Å². The second-order valence-electron chi connectivity index (χ2n) is 2.52. The van der Waals surface area contributed by atoms with Crippen molar-refractivity contribution in [3.8, 4) is 0 Å². The number of fused-ring (bicyclic) bond motifs is 1. The second kappa shape index (κ2) is 2.20. The summed E-state index contributed by atoms with van der Waals surface area (Å²) in [6.07, 6.45) is 1.35. The van der Waals surface area contributed by atoms with Gasteiger partial charge in [-0.3, -0.25) is 14.5 Å². The van der Waals surface area contributed by atoms with E-state index in [-0.39, 0.29) is 17.6 Å². The summed E-state index contributed by atoms with van der Waals surface area (Å²) in [6.45, 7) is 2.14. The quantitative estimate of drug-likeness (QED) is 0.581. The average molecular weight is 165 g/mol. The Labute approximate surface area is 68.8 Å². The minimum Gasteiger partial charge on any atom is -0.458 e. The van der Waals surface area contributed by atoms with Gasteiger partial charge >= 0.3 is 0 Å². The van der Waals surface area contributed by atoms with Gasteiger partial charge in [-0.1, -0.05) is 0 Å². The standard InChI is InChI=1S/C8H7NO3/c1-2-9-7(10)5-3-4-12-6(5)8(9)11/h3-4H,2H2,1H3. The Bertz CT molecular complexity index is 322. The molecule has 4 heteroatoms. The molecule has 4 nitrogen and oxygen atoms in total. The topological polar surface area (TPSA) is 50.5 Å². The van der Waals surface area contributed by atoms with Crippen molar-refractivity contribution in [3.63, 3.8) is 0 Å². The molecule has 12 heavy (non-hydrogen) atoms. The number of furan rings is 1. The van der Waals surface area contributed by atoms with Gasteiger partial charge in [-0.05, 0) is 13.0 Å². The summed E-state index contributed by atoms with van der Waals surface area (Å²) in [5, 5.41) is 0. The van der Waals surface area contributed by atoms with Crippen molar-refractivity contribution in [2.75, 3.05) is 6.54 Å². The highest BCUT2D eigenvalue weighted by atomic mass is 16.3. The van der Waals surface area contributed by atoms with E-state index in [0.29, 0.717) is 12.1 Å². The molecule has 0 fully saturated rings. The van der Waals surface area contributed by atoms with Gasteiger partial charge in [0.15, 0.2) is 0 Å². The lowest BCUT2D eigenvalue weighted by molar-refractivity contribution is 0.0649. The van der Waals surface area contributed by atoms with E-state index >= 15 is 0 Å². The maximum atomic E-state index is 11.3. The highest BCUT2D eigenvalue weighted by Gasteiger charge is 2.37. The normalized spacial score (nSPS) is 15.6. The molecule has 0 unspecified atom stereocenters. The Morgan fingerprint density at radius 3 is 2.75 bits per heavy atom. The maximum Gasteiger partial charge on any atom is 0.297 e. The minimum atomic E-state index is -0.331. The summed E-state index contributed by atoms with van der Waals surface area (Å²) >= 11 is 0. The van der Waals surface area contributed by atoms with Gasteiger partial charge < -0.3 is 4.42 Å². The zero-order valence-corrected chi connectivity index (χ0v) is 6.53. The van der Waals surface area contributed by atoms with E-state index in [1.165, 1.54) is 12.3 Å². The highest BCUT2D eigenvalue weighted by molar-refractivity contribution is 6.19. The zero-order chi connectivity index (χ0) is 8.72. The van der Waals surface area contributed by atoms with Crippen LogP contribution in [0.2, 0.25) is 0 Å². The predicted octanol–water partition coefficient (Wildman–Crippen LogP) is 0.895. The highest BCUT2D eigenvalue weighted by Crippen LogP contribution is 2.22. The Kier molecular flexibility index (Phi) is 1.30. The Morgan fingerprint density at radius 2 is 2.17 bits per heavy atom. The predicted molar refractivity (Wildman–Crippen MR) is 39.7 cm³/mol. The van der Waals surface area contributed by atoms with Crippen molar-refractivity contribution in [2.45, 2.75) is 6.92 Å². The van der Waals surface area contributed by atoms with E-state index in [2.05, 4.69) is 0 Å². The van der Waals surface area contributed by atoms with E-state index < -0.39 is 0 Å². The first-order valence-corrected chi connectivity index (χ1v) is 3.69. The molecule has 2 rings (SSSR count). The summed E-state index contributed by atoms with van der Waals surface area (Å²) in [5.74, 6) is -0.421. The first-order valence-electron chi connectivity index (χ1n) is 3.69. The lowest BCUT2D eigenvalue weighted by atomic mass is 10.3. The van der Waals surface area contributed by atoms with Gasteiger partial charge in [0.1, 0.15) is 0 Å². The molecule has 2 heterocycles. The molecule has 0 aliphatic carbocycles. The molecule has 1 aromatic rings. The van der Waals surface area contributed by atoms with Crippen LogP contribution in [0.3, 0.4) is 0 Å². The molecule has 62 valence electrons. The second-order valence-corrected chi connectivity index (χ2v) is 2.52. The van der Waals surface area contributed by atoms with Crippen molar-refractivity contribution in [3.05, 3.63) is 23.7 Å². The van der Waals surface area contributed by atoms with E-state index in [0.717, 1.165) is 4.90 Å². The molecule has 1 aromatic heterocycles. The van der Waals surface area contributed by atoms with Crippen molar-refractivity contribution in [2.24, 2.45) is 0 Å². The zero-order valence-electron chi connectivity index (χ0n) is 6.53. The molecule has 0 radical (unpaired) electrons. The van der Waals surface area contributed by atoms with Crippen molar-refractivity contribution in [1.29, 1.82) is 0 Å². The van der Waals surface area contributed by atoms with E-state index in [9.17, 15) is 9.59 Å². The van der Waals surface area contributed by atoms with Crippen LogP contribution in [0.1, 0.15) is 27.8 Å². The molecule has 0 bridgehead atoms. The third-order valence-electron chi connectivity index (χ3n) is 1.90. The number of hydrogen-bond donors (Lipinski definition) is 0. The van der Waals surface area contributed by atoms with Gasteiger partial charge in [-0.2, -0.15) is 0 Å². The van der Waals surface area contributed by atoms with Gasteiger partial charge in [0.05, 0.1) is 11.8 Å². The molecular weight excluding hydrogens is 158 g/mol. The van der Waals surface area contributed by atoms with Crippen LogP contribution in [0.15, 0.2) is 16.7 Å². The molecule has 1 aliphatic rings. The molecule has 1 aliphatic heterocycles. The van der Waals surface area contributed by atoms with Crippen LogP contribution in [-0.2, 0) is 0 Å². The summed E-state index contributed by atoms with van der Waals surface area (Å²) in [6, 6.07) is 1.52. The van der Waals surface area contributed by atoms with Gasteiger partial charge in [-0.25, -0.2) is 0 Å². The minimum absolute atomic E-state index is 0.168. The van der Waals surface area contributed by atoms with Crippen LogP contribution in [0.5, 0.6) is 0 Å². The number of nitrogens with zero attached hydrogens (tertiary/aromatic N) is 1. The molecular formula is C8H7NO3. The van der Waals surface area contributed by atoms with Crippen LogP contribution < -0.4 is 0 Å².